The summed E-state index contributed by atoms with van der Waals surface area (Å²) in [6, 6.07) is 13.3. The van der Waals surface area contributed by atoms with Crippen molar-refractivity contribution in [2.75, 3.05) is 31.1 Å². The predicted octanol–water partition coefficient (Wildman–Crippen LogP) is 4.34. The van der Waals surface area contributed by atoms with Crippen molar-refractivity contribution in [3.8, 4) is 0 Å². The van der Waals surface area contributed by atoms with E-state index in [4.69, 9.17) is 0 Å². The number of aryl methyl sites for hydroxylation is 1. The molecule has 0 aromatic heterocycles. The molecule has 2 aromatic rings. The van der Waals surface area contributed by atoms with Crippen molar-refractivity contribution in [1.29, 1.82) is 0 Å². The van der Waals surface area contributed by atoms with Crippen LogP contribution in [0.25, 0.3) is 0 Å². The number of amides is 1. The normalized spacial score (nSPS) is 17.7. The van der Waals surface area contributed by atoms with Gasteiger partial charge < -0.3 is 10.2 Å². The van der Waals surface area contributed by atoms with Crippen molar-refractivity contribution in [2.45, 2.75) is 63.3 Å². The molecule has 0 aliphatic carbocycles. The minimum Gasteiger partial charge on any atom is -0.370 e. The molecule has 2 saturated heterocycles. The van der Waals surface area contributed by atoms with E-state index >= 15 is 0 Å². The van der Waals surface area contributed by atoms with Crippen LogP contribution in [0.15, 0.2) is 47.4 Å². The van der Waals surface area contributed by atoms with Crippen LogP contribution in [-0.2, 0) is 23.0 Å². The Morgan fingerprint density at radius 3 is 2.09 bits per heavy atom. The molecule has 0 radical (unpaired) electrons. The van der Waals surface area contributed by atoms with Gasteiger partial charge >= 0.3 is 0 Å². The third kappa shape index (κ3) is 5.58. The largest absolute Gasteiger partial charge is 0.370 e. The van der Waals surface area contributed by atoms with Gasteiger partial charge in [-0.25, -0.2) is 8.42 Å². The lowest BCUT2D eigenvalue weighted by Crippen LogP contribution is -2.38. The highest BCUT2D eigenvalue weighted by molar-refractivity contribution is 7.89. The Bertz CT molecular complexity index is 1050. The third-order valence-corrected chi connectivity index (χ3v) is 8.66. The Balaban J connectivity index is 1.59. The number of benzene rings is 2. The van der Waals surface area contributed by atoms with Crippen molar-refractivity contribution in [3.05, 3.63) is 59.2 Å². The van der Waals surface area contributed by atoms with Crippen molar-refractivity contribution in [3.63, 3.8) is 0 Å². The third-order valence-electron chi connectivity index (χ3n) is 6.74. The molecule has 2 aliphatic rings. The van der Waals surface area contributed by atoms with Crippen LogP contribution in [0.1, 0.15) is 66.9 Å². The number of anilines is 1. The highest BCUT2D eigenvalue weighted by Crippen LogP contribution is 2.32. The molecule has 0 atom stereocenters. The predicted molar refractivity (Wildman–Crippen MR) is 132 cm³/mol. The zero-order valence-corrected chi connectivity index (χ0v) is 20.4. The van der Waals surface area contributed by atoms with Gasteiger partial charge in [0.15, 0.2) is 0 Å². The number of rotatable bonds is 7. The van der Waals surface area contributed by atoms with Crippen molar-refractivity contribution < 1.29 is 13.2 Å². The number of sulfonamides is 1. The van der Waals surface area contributed by atoms with Crippen molar-refractivity contribution >= 4 is 21.6 Å². The van der Waals surface area contributed by atoms with Gasteiger partial charge in [-0.05, 0) is 67.9 Å². The molecule has 33 heavy (non-hydrogen) atoms. The first-order valence-corrected chi connectivity index (χ1v) is 13.7. The highest BCUT2D eigenvalue weighted by Gasteiger charge is 2.31. The Morgan fingerprint density at radius 1 is 0.848 bits per heavy atom. The smallest absolute Gasteiger partial charge is 0.251 e. The first-order valence-electron chi connectivity index (χ1n) is 12.2. The molecule has 4 rings (SSSR count). The zero-order chi connectivity index (χ0) is 23.3. The Hall–Kier alpha value is -2.38. The SMILES string of the molecule is CCc1ccc(CNC(=O)c2ccc(N3CCCCC3)c(S(=O)(=O)N3CCCCC3)c2)cc1. The first-order chi connectivity index (χ1) is 16.0. The molecule has 0 spiro atoms. The maximum Gasteiger partial charge on any atom is 0.251 e. The van der Waals surface area contributed by atoms with Gasteiger partial charge in [-0.15, -0.1) is 0 Å². The molecule has 2 fully saturated rings. The van der Waals surface area contributed by atoms with Gasteiger partial charge in [0.25, 0.3) is 5.91 Å². The van der Waals surface area contributed by atoms with E-state index in [9.17, 15) is 13.2 Å². The minimum absolute atomic E-state index is 0.255. The zero-order valence-electron chi connectivity index (χ0n) is 19.6. The van der Waals surface area contributed by atoms with E-state index in [1.165, 1.54) is 12.0 Å². The summed E-state index contributed by atoms with van der Waals surface area (Å²) in [6.45, 7) is 5.31. The van der Waals surface area contributed by atoms with Crippen LogP contribution in [-0.4, -0.2) is 44.8 Å². The number of carbonyl (C=O) groups excluding carboxylic acids is 1. The fourth-order valence-electron chi connectivity index (χ4n) is 4.68. The van der Waals surface area contributed by atoms with Crippen LogP contribution in [0.2, 0.25) is 0 Å². The van der Waals surface area contributed by atoms with E-state index < -0.39 is 10.0 Å². The molecule has 7 heteroatoms. The molecule has 0 saturated carbocycles. The fraction of sp³-hybridized carbons (Fsp3) is 0.500. The average molecular weight is 470 g/mol. The molecule has 0 bridgehead atoms. The number of hydrogen-bond donors (Lipinski definition) is 1. The second-order valence-corrected chi connectivity index (χ2v) is 11.0. The number of hydrogen-bond acceptors (Lipinski definition) is 4. The van der Waals surface area contributed by atoms with Crippen LogP contribution in [0.5, 0.6) is 0 Å². The average Bonchev–Trinajstić information content (AvgIpc) is 2.88. The molecule has 178 valence electrons. The summed E-state index contributed by atoms with van der Waals surface area (Å²) >= 11 is 0. The summed E-state index contributed by atoms with van der Waals surface area (Å²) in [5.41, 5.74) is 3.39. The van der Waals surface area contributed by atoms with E-state index in [1.54, 1.807) is 16.4 Å². The van der Waals surface area contributed by atoms with E-state index in [2.05, 4.69) is 29.3 Å². The first kappa shape index (κ1) is 23.8. The molecular weight excluding hydrogens is 434 g/mol. The topological polar surface area (TPSA) is 69.7 Å². The lowest BCUT2D eigenvalue weighted by atomic mass is 10.1. The summed E-state index contributed by atoms with van der Waals surface area (Å²) in [6.07, 6.45) is 7.09. The van der Waals surface area contributed by atoms with Gasteiger partial charge in [-0.3, -0.25) is 4.79 Å². The van der Waals surface area contributed by atoms with Gasteiger partial charge in [0.1, 0.15) is 4.90 Å². The molecule has 1 amide bonds. The molecule has 2 heterocycles. The summed E-state index contributed by atoms with van der Waals surface area (Å²) < 4.78 is 28.9. The van der Waals surface area contributed by atoms with Crippen LogP contribution in [0, 0.1) is 0 Å². The van der Waals surface area contributed by atoms with Gasteiger partial charge in [0.2, 0.25) is 10.0 Å². The lowest BCUT2D eigenvalue weighted by Gasteiger charge is -2.33. The van der Waals surface area contributed by atoms with Gasteiger partial charge in [0.05, 0.1) is 5.69 Å². The number of carbonyl (C=O) groups is 1. The summed E-state index contributed by atoms with van der Waals surface area (Å²) in [5, 5.41) is 2.95. The van der Waals surface area contributed by atoms with Gasteiger partial charge in [0, 0.05) is 38.3 Å². The Labute approximate surface area is 198 Å². The highest BCUT2D eigenvalue weighted by atomic mass is 32.2. The molecule has 6 nitrogen and oxygen atoms in total. The van der Waals surface area contributed by atoms with Crippen LogP contribution in [0.4, 0.5) is 5.69 Å². The number of nitrogens with one attached hydrogen (secondary N) is 1. The minimum atomic E-state index is -3.66. The van der Waals surface area contributed by atoms with Crippen LogP contribution >= 0.6 is 0 Å². The van der Waals surface area contributed by atoms with Crippen molar-refractivity contribution in [2.24, 2.45) is 0 Å². The summed E-state index contributed by atoms with van der Waals surface area (Å²) in [4.78, 5) is 15.4. The monoisotopic (exact) mass is 469 g/mol. The summed E-state index contributed by atoms with van der Waals surface area (Å²) in [7, 11) is -3.66. The van der Waals surface area contributed by atoms with E-state index in [0.29, 0.717) is 25.2 Å². The van der Waals surface area contributed by atoms with Gasteiger partial charge in [-0.1, -0.05) is 37.6 Å². The second-order valence-electron chi connectivity index (χ2n) is 9.05. The maximum atomic E-state index is 13.6. The molecule has 2 aliphatic heterocycles. The molecular formula is C26H35N3O3S. The lowest BCUT2D eigenvalue weighted by molar-refractivity contribution is 0.0950. The summed E-state index contributed by atoms with van der Waals surface area (Å²) in [5.74, 6) is -0.255. The molecule has 1 N–H and O–H groups in total. The maximum absolute atomic E-state index is 13.6. The fourth-order valence-corrected chi connectivity index (χ4v) is 6.43. The standard InChI is InChI=1S/C26H35N3O3S/c1-2-21-9-11-22(12-10-21)20-27-26(30)23-13-14-24(28-15-5-3-6-16-28)25(19-23)33(31,32)29-17-7-4-8-18-29/h9-14,19H,2-8,15-18,20H2,1H3,(H,27,30). The Kier molecular flexibility index (Phi) is 7.71. The molecule has 2 aromatic carbocycles. The van der Waals surface area contributed by atoms with E-state index in [-0.39, 0.29) is 10.8 Å². The van der Waals surface area contributed by atoms with Gasteiger partial charge in [-0.2, -0.15) is 4.31 Å². The van der Waals surface area contributed by atoms with Crippen molar-refractivity contribution in [1.82, 2.24) is 9.62 Å². The van der Waals surface area contributed by atoms with E-state index in [0.717, 1.165) is 62.9 Å². The molecule has 0 unspecified atom stereocenters. The number of nitrogens with zero attached hydrogens (tertiary/aromatic N) is 2. The second kappa shape index (κ2) is 10.7. The van der Waals surface area contributed by atoms with Crippen LogP contribution in [0.3, 0.4) is 0 Å². The number of piperidine rings is 2. The Morgan fingerprint density at radius 2 is 1.45 bits per heavy atom. The van der Waals surface area contributed by atoms with E-state index in [1.807, 2.05) is 18.2 Å². The quantitative estimate of drug-likeness (QED) is 0.655. The van der Waals surface area contributed by atoms with Crippen LogP contribution < -0.4 is 10.2 Å².